The molecule has 0 fully saturated rings. The normalized spacial score (nSPS) is 10.4. The number of nitrogens with one attached hydrogen (secondary N) is 1. The van der Waals surface area contributed by atoms with E-state index in [0.717, 1.165) is 38.9 Å². The summed E-state index contributed by atoms with van der Waals surface area (Å²) >= 11 is 0. The highest BCUT2D eigenvalue weighted by atomic mass is 16.5. The van der Waals surface area contributed by atoms with Gasteiger partial charge < -0.3 is 10.5 Å². The zero-order valence-electron chi connectivity index (χ0n) is 10.3. The van der Waals surface area contributed by atoms with Crippen molar-refractivity contribution in [3.8, 4) is 0 Å². The first-order valence-electron chi connectivity index (χ1n) is 6.23. The van der Waals surface area contributed by atoms with E-state index in [1.54, 1.807) is 0 Å². The second-order valence-corrected chi connectivity index (χ2v) is 4.18. The molecule has 94 valence electrons. The van der Waals surface area contributed by atoms with E-state index in [9.17, 15) is 0 Å². The molecule has 1 rings (SSSR count). The Labute approximate surface area is 103 Å². The molecule has 0 unspecified atom stereocenters. The molecule has 0 aliphatic rings. The van der Waals surface area contributed by atoms with Crippen molar-refractivity contribution in [2.24, 2.45) is 5.73 Å². The third-order valence-electron chi connectivity index (χ3n) is 2.58. The summed E-state index contributed by atoms with van der Waals surface area (Å²) in [6.45, 7) is 1.59. The van der Waals surface area contributed by atoms with Gasteiger partial charge in [-0.3, -0.25) is 5.41 Å². The summed E-state index contributed by atoms with van der Waals surface area (Å²) < 4.78 is 5.53. The lowest BCUT2D eigenvalue weighted by molar-refractivity contribution is 0.128. The number of aryl methyl sites for hydroxylation is 1. The number of ether oxygens (including phenoxy) is 1. The van der Waals surface area contributed by atoms with E-state index in [0.29, 0.717) is 6.42 Å². The molecule has 0 bridgehead atoms. The highest BCUT2D eigenvalue weighted by Crippen LogP contribution is 2.03. The molecule has 3 nitrogen and oxygen atoms in total. The number of nitrogens with two attached hydrogens (primary N) is 1. The largest absolute Gasteiger partial charge is 0.388 e. The molecule has 1 aromatic carbocycles. The quantitative estimate of drug-likeness (QED) is 0.392. The molecule has 1 aromatic rings. The van der Waals surface area contributed by atoms with Gasteiger partial charge >= 0.3 is 0 Å². The predicted octanol–water partition coefficient (Wildman–Crippen LogP) is 2.74. The van der Waals surface area contributed by atoms with Crippen LogP contribution >= 0.6 is 0 Å². The molecule has 0 aliphatic carbocycles. The molecule has 0 saturated carbocycles. The van der Waals surface area contributed by atoms with Crippen LogP contribution in [0, 0.1) is 5.41 Å². The number of amidine groups is 1. The maximum atomic E-state index is 7.07. The molecular weight excluding hydrogens is 212 g/mol. The molecule has 3 heteroatoms. The van der Waals surface area contributed by atoms with Crippen LogP contribution in [0.3, 0.4) is 0 Å². The molecule has 0 radical (unpaired) electrons. The lowest BCUT2D eigenvalue weighted by atomic mass is 10.1. The van der Waals surface area contributed by atoms with Gasteiger partial charge in [0.05, 0.1) is 5.84 Å². The fourth-order valence-corrected chi connectivity index (χ4v) is 1.64. The third-order valence-corrected chi connectivity index (χ3v) is 2.58. The van der Waals surface area contributed by atoms with Crippen LogP contribution in [0.1, 0.15) is 31.2 Å². The molecule has 0 spiro atoms. The van der Waals surface area contributed by atoms with Crippen molar-refractivity contribution in [3.63, 3.8) is 0 Å². The van der Waals surface area contributed by atoms with Crippen molar-refractivity contribution < 1.29 is 4.74 Å². The monoisotopic (exact) mass is 234 g/mol. The number of rotatable bonds is 9. The zero-order valence-corrected chi connectivity index (χ0v) is 10.3. The van der Waals surface area contributed by atoms with E-state index in [2.05, 4.69) is 24.3 Å². The van der Waals surface area contributed by atoms with Crippen molar-refractivity contribution in [1.29, 1.82) is 5.41 Å². The molecule has 17 heavy (non-hydrogen) atoms. The van der Waals surface area contributed by atoms with Gasteiger partial charge in [-0.15, -0.1) is 0 Å². The van der Waals surface area contributed by atoms with Crippen LogP contribution in [0.25, 0.3) is 0 Å². The molecule has 0 amide bonds. The maximum absolute atomic E-state index is 7.07. The van der Waals surface area contributed by atoms with Crippen LogP contribution in [-0.2, 0) is 11.2 Å². The van der Waals surface area contributed by atoms with Crippen LogP contribution in [-0.4, -0.2) is 19.0 Å². The summed E-state index contributed by atoms with van der Waals surface area (Å²) in [6.07, 6.45) is 4.78. The summed E-state index contributed by atoms with van der Waals surface area (Å²) in [6, 6.07) is 10.5. The number of benzene rings is 1. The minimum Gasteiger partial charge on any atom is -0.388 e. The van der Waals surface area contributed by atoms with Gasteiger partial charge in [-0.1, -0.05) is 30.3 Å². The maximum Gasteiger partial charge on any atom is 0.0905 e. The minimum atomic E-state index is 0.272. The smallest absolute Gasteiger partial charge is 0.0905 e. The topological polar surface area (TPSA) is 59.1 Å². The molecule has 0 aliphatic heterocycles. The molecule has 0 atom stereocenters. The van der Waals surface area contributed by atoms with Gasteiger partial charge in [-0.2, -0.15) is 0 Å². The van der Waals surface area contributed by atoms with Gasteiger partial charge in [0.15, 0.2) is 0 Å². The number of hydrogen-bond donors (Lipinski definition) is 2. The van der Waals surface area contributed by atoms with Crippen molar-refractivity contribution >= 4 is 5.84 Å². The van der Waals surface area contributed by atoms with Crippen LogP contribution in [0.2, 0.25) is 0 Å². The van der Waals surface area contributed by atoms with Crippen molar-refractivity contribution in [2.75, 3.05) is 13.2 Å². The second kappa shape index (κ2) is 8.76. The predicted molar refractivity (Wildman–Crippen MR) is 71.3 cm³/mol. The van der Waals surface area contributed by atoms with Gasteiger partial charge in [-0.25, -0.2) is 0 Å². The van der Waals surface area contributed by atoms with E-state index in [1.807, 2.05) is 6.07 Å². The van der Waals surface area contributed by atoms with Gasteiger partial charge in [0.1, 0.15) is 0 Å². The first kappa shape index (κ1) is 13.7. The Kier molecular flexibility index (Phi) is 7.07. The van der Waals surface area contributed by atoms with Crippen LogP contribution in [0.4, 0.5) is 0 Å². The van der Waals surface area contributed by atoms with E-state index < -0.39 is 0 Å². The van der Waals surface area contributed by atoms with E-state index in [1.165, 1.54) is 5.56 Å². The van der Waals surface area contributed by atoms with Gasteiger partial charge in [0.25, 0.3) is 0 Å². The summed E-state index contributed by atoms with van der Waals surface area (Å²) in [7, 11) is 0. The average molecular weight is 234 g/mol. The highest BCUT2D eigenvalue weighted by molar-refractivity contribution is 5.76. The fraction of sp³-hybridized carbons (Fsp3) is 0.500. The SMILES string of the molecule is N=C(N)CCCCOCCCc1ccccc1. The lowest BCUT2D eigenvalue weighted by Crippen LogP contribution is -2.09. The van der Waals surface area contributed by atoms with Gasteiger partial charge in [0.2, 0.25) is 0 Å². The Balaban J connectivity index is 1.90. The van der Waals surface area contributed by atoms with Crippen LogP contribution < -0.4 is 5.73 Å². The molecule has 3 N–H and O–H groups in total. The van der Waals surface area contributed by atoms with Gasteiger partial charge in [0, 0.05) is 19.6 Å². The van der Waals surface area contributed by atoms with Crippen molar-refractivity contribution in [1.82, 2.24) is 0 Å². The number of hydrogen-bond acceptors (Lipinski definition) is 2. The van der Waals surface area contributed by atoms with Crippen LogP contribution in [0.5, 0.6) is 0 Å². The minimum absolute atomic E-state index is 0.272. The van der Waals surface area contributed by atoms with Crippen molar-refractivity contribution in [2.45, 2.75) is 32.1 Å². The standard InChI is InChI=1S/C14H22N2O/c15-14(16)10-4-5-11-17-12-6-9-13-7-2-1-3-8-13/h1-3,7-8H,4-6,9-12H2,(H3,15,16). The van der Waals surface area contributed by atoms with E-state index >= 15 is 0 Å². The van der Waals surface area contributed by atoms with Crippen molar-refractivity contribution in [3.05, 3.63) is 35.9 Å². The molecule has 0 aromatic heterocycles. The Morgan fingerprint density at radius 1 is 1.06 bits per heavy atom. The third kappa shape index (κ3) is 7.53. The first-order valence-corrected chi connectivity index (χ1v) is 6.23. The first-order chi connectivity index (χ1) is 8.29. The van der Waals surface area contributed by atoms with Gasteiger partial charge in [-0.05, 0) is 31.2 Å². The number of unbranched alkanes of at least 4 members (excludes halogenated alkanes) is 1. The molecule has 0 saturated heterocycles. The average Bonchev–Trinajstić information content (AvgIpc) is 2.33. The molecular formula is C14H22N2O. The highest BCUT2D eigenvalue weighted by Gasteiger charge is 1.94. The molecule has 0 heterocycles. The zero-order chi connectivity index (χ0) is 12.3. The fourth-order valence-electron chi connectivity index (χ4n) is 1.64. The van der Waals surface area contributed by atoms with E-state index in [4.69, 9.17) is 15.9 Å². The lowest BCUT2D eigenvalue weighted by Gasteiger charge is -2.04. The Morgan fingerprint density at radius 2 is 1.76 bits per heavy atom. The Hall–Kier alpha value is -1.35. The summed E-state index contributed by atoms with van der Waals surface area (Å²) in [5.74, 6) is 0.272. The summed E-state index contributed by atoms with van der Waals surface area (Å²) in [4.78, 5) is 0. The van der Waals surface area contributed by atoms with E-state index in [-0.39, 0.29) is 5.84 Å². The summed E-state index contributed by atoms with van der Waals surface area (Å²) in [5, 5.41) is 7.07. The van der Waals surface area contributed by atoms with Crippen LogP contribution in [0.15, 0.2) is 30.3 Å². The Bertz CT molecular complexity index is 311. The summed E-state index contributed by atoms with van der Waals surface area (Å²) in [5.41, 5.74) is 6.63. The second-order valence-electron chi connectivity index (χ2n) is 4.18. The Morgan fingerprint density at radius 3 is 2.47 bits per heavy atom.